The number of nitrogens with one attached hydrogen (secondary N) is 2. The molecule has 2 N–H and O–H groups in total. The lowest BCUT2D eigenvalue weighted by Crippen LogP contribution is -2.32. The van der Waals surface area contributed by atoms with Gasteiger partial charge in [-0.1, -0.05) is 54.9 Å². The highest BCUT2D eigenvalue weighted by atomic mass is 35.5. The monoisotopic (exact) mass is 907 g/mol. The molecule has 0 saturated carbocycles. The lowest BCUT2D eigenvalue weighted by atomic mass is 9.89. The Bertz CT molecular complexity index is 2810. The summed E-state index contributed by atoms with van der Waals surface area (Å²) in [5.41, 5.74) is 7.06. The van der Waals surface area contributed by atoms with Crippen molar-refractivity contribution in [3.8, 4) is 17.2 Å². The van der Waals surface area contributed by atoms with Crippen molar-refractivity contribution in [1.82, 2.24) is 24.7 Å². The van der Waals surface area contributed by atoms with Gasteiger partial charge in [0.25, 0.3) is 5.91 Å². The molecular weight excluding hydrogens is 866 g/mol. The number of imidazole rings is 1. The number of aromatic nitrogens is 4. The summed E-state index contributed by atoms with van der Waals surface area (Å²) in [5.74, 6) is 1.76. The van der Waals surface area contributed by atoms with Crippen LogP contribution in [-0.2, 0) is 19.5 Å². The minimum absolute atomic E-state index is 0.200. The molecule has 1 aliphatic heterocycles. The standard InChI is InChI=1S/C29H28ClF3N4O2.C19H14FN3OS/c1-2-25-27(37-18-22(30)7-12-26(37)35-25)28(38)34-17-19-3-8-23(9-4-19)36-15-13-21(14-16-36)20-5-10-24(11-6-20)39-29(31,32)33;20-14-3-7-16(8-4-14)24-15-5-1-13(2-6-15)11-21-19-18-17(9-10-25-18)22-12-23-19/h3-12,18,21H,2,13-17H2,1H3,(H,34,38);1-10,12H,11H2,(H,21,22,23). The average Bonchev–Trinajstić information content (AvgIpc) is 3.94. The van der Waals surface area contributed by atoms with E-state index in [4.69, 9.17) is 16.3 Å². The summed E-state index contributed by atoms with van der Waals surface area (Å²) in [5, 5.41) is 8.88. The minimum Gasteiger partial charge on any atom is -0.457 e. The summed E-state index contributed by atoms with van der Waals surface area (Å²) in [6, 6.07) is 33.5. The molecule has 4 aromatic heterocycles. The van der Waals surface area contributed by atoms with E-state index in [1.165, 1.54) is 24.3 Å². The first-order valence-electron chi connectivity index (χ1n) is 20.6. The van der Waals surface area contributed by atoms with Crippen LogP contribution in [0.25, 0.3) is 15.9 Å². The van der Waals surface area contributed by atoms with E-state index in [1.807, 2.05) is 54.8 Å². The van der Waals surface area contributed by atoms with Gasteiger partial charge in [-0.3, -0.25) is 9.20 Å². The molecule has 4 aromatic carbocycles. The van der Waals surface area contributed by atoms with Crippen molar-refractivity contribution in [3.05, 3.63) is 172 Å². The van der Waals surface area contributed by atoms with Crippen LogP contribution in [0.3, 0.4) is 0 Å². The number of ether oxygens (including phenoxy) is 2. The molecule has 64 heavy (non-hydrogen) atoms. The van der Waals surface area contributed by atoms with Crippen LogP contribution in [0, 0.1) is 5.82 Å². The second kappa shape index (κ2) is 19.8. The van der Waals surface area contributed by atoms with E-state index in [-0.39, 0.29) is 23.4 Å². The number of amides is 1. The number of aryl methyl sites for hydroxylation is 1. The Kier molecular flexibility index (Phi) is 13.6. The van der Waals surface area contributed by atoms with Gasteiger partial charge in [-0.05, 0) is 126 Å². The van der Waals surface area contributed by atoms with E-state index in [1.54, 1.807) is 64.7 Å². The summed E-state index contributed by atoms with van der Waals surface area (Å²) >= 11 is 7.76. The Labute approximate surface area is 375 Å². The largest absolute Gasteiger partial charge is 0.573 e. The Hall–Kier alpha value is -6.71. The molecule has 0 atom stereocenters. The van der Waals surface area contributed by atoms with Gasteiger partial charge in [-0.25, -0.2) is 19.3 Å². The topological polar surface area (TPSA) is 106 Å². The fourth-order valence-corrected chi connectivity index (χ4v) is 8.44. The van der Waals surface area contributed by atoms with Gasteiger partial charge in [0.2, 0.25) is 0 Å². The first-order valence-corrected chi connectivity index (χ1v) is 21.8. The van der Waals surface area contributed by atoms with Gasteiger partial charge in [-0.2, -0.15) is 0 Å². The van der Waals surface area contributed by atoms with Crippen LogP contribution in [-0.4, -0.2) is 44.7 Å². The molecule has 8 aromatic rings. The summed E-state index contributed by atoms with van der Waals surface area (Å²) in [4.78, 5) is 28.4. The number of nitrogens with zero attached hydrogens (tertiary/aromatic N) is 5. The maximum Gasteiger partial charge on any atom is 0.573 e. The van der Waals surface area contributed by atoms with E-state index < -0.39 is 6.36 Å². The van der Waals surface area contributed by atoms with Gasteiger partial charge >= 0.3 is 6.36 Å². The molecule has 328 valence electrons. The predicted octanol–water partition coefficient (Wildman–Crippen LogP) is 12.0. The van der Waals surface area contributed by atoms with Gasteiger partial charge in [-0.15, -0.1) is 24.5 Å². The number of halogens is 5. The van der Waals surface area contributed by atoms with Crippen LogP contribution in [0.1, 0.15) is 58.6 Å². The number of fused-ring (bicyclic) bond motifs is 2. The van der Waals surface area contributed by atoms with Crippen LogP contribution in [0.15, 0.2) is 133 Å². The summed E-state index contributed by atoms with van der Waals surface area (Å²) in [7, 11) is 0. The highest BCUT2D eigenvalue weighted by Crippen LogP contribution is 2.33. The summed E-state index contributed by atoms with van der Waals surface area (Å²) in [6.45, 7) is 4.69. The molecule has 0 unspecified atom stereocenters. The molecule has 1 aliphatic rings. The third-order valence-corrected chi connectivity index (χ3v) is 11.8. The molecule has 0 spiro atoms. The van der Waals surface area contributed by atoms with Gasteiger partial charge in [0.1, 0.15) is 46.6 Å². The third kappa shape index (κ3) is 11.1. The van der Waals surface area contributed by atoms with Crippen molar-refractivity contribution >= 4 is 56.2 Å². The molecule has 16 heteroatoms. The molecule has 1 amide bonds. The van der Waals surface area contributed by atoms with E-state index in [0.717, 1.165) is 70.0 Å². The Morgan fingerprint density at radius 2 is 1.48 bits per heavy atom. The number of carbonyl (C=O) groups is 1. The number of alkyl halides is 3. The fourth-order valence-electron chi connectivity index (χ4n) is 7.47. The van der Waals surface area contributed by atoms with E-state index in [9.17, 15) is 22.4 Å². The molecule has 0 bridgehead atoms. The maximum absolute atomic E-state index is 13.0. The fraction of sp³-hybridized carbons (Fsp3) is 0.208. The van der Waals surface area contributed by atoms with Gasteiger partial charge in [0.05, 0.1) is 20.9 Å². The van der Waals surface area contributed by atoms with Crippen LogP contribution in [0.2, 0.25) is 5.02 Å². The number of benzene rings is 4. The number of hydrogen-bond donors (Lipinski definition) is 2. The van der Waals surface area contributed by atoms with Crippen molar-refractivity contribution in [3.63, 3.8) is 0 Å². The lowest BCUT2D eigenvalue weighted by molar-refractivity contribution is -0.274. The van der Waals surface area contributed by atoms with Gasteiger partial charge in [0, 0.05) is 38.1 Å². The van der Waals surface area contributed by atoms with Crippen LogP contribution in [0.4, 0.5) is 29.1 Å². The average molecular weight is 908 g/mol. The molecule has 10 nitrogen and oxygen atoms in total. The SMILES string of the molecule is CCc1nc2ccc(Cl)cn2c1C(=O)NCc1ccc(N2CCC(c3ccc(OC(F)(F)F)cc3)CC2)cc1.Fc1ccc(Oc2ccc(CNc3ncnc4ccsc34)cc2)cc1. The smallest absolute Gasteiger partial charge is 0.457 e. The number of carbonyl (C=O) groups excluding carboxylic acids is 1. The second-order valence-electron chi connectivity index (χ2n) is 15.0. The Morgan fingerprint density at radius 3 is 2.17 bits per heavy atom. The first-order chi connectivity index (χ1) is 31.0. The zero-order valence-corrected chi connectivity index (χ0v) is 36.1. The van der Waals surface area contributed by atoms with Crippen LogP contribution in [0.5, 0.6) is 17.2 Å². The molecule has 1 saturated heterocycles. The molecule has 0 aliphatic carbocycles. The predicted molar refractivity (Wildman–Crippen MR) is 242 cm³/mol. The zero-order valence-electron chi connectivity index (χ0n) is 34.5. The maximum atomic E-state index is 13.0. The molecule has 9 rings (SSSR count). The van der Waals surface area contributed by atoms with Crippen molar-refractivity contribution in [2.45, 2.75) is 51.6 Å². The second-order valence-corrected chi connectivity index (χ2v) is 16.3. The highest BCUT2D eigenvalue weighted by molar-refractivity contribution is 7.17. The highest BCUT2D eigenvalue weighted by Gasteiger charge is 2.31. The summed E-state index contributed by atoms with van der Waals surface area (Å²) < 4.78 is 62.6. The zero-order chi connectivity index (χ0) is 44.6. The quantitative estimate of drug-likeness (QED) is 0.117. The number of anilines is 2. The van der Waals surface area contributed by atoms with Crippen molar-refractivity contribution in [1.29, 1.82) is 0 Å². The third-order valence-electron chi connectivity index (χ3n) is 10.7. The number of pyridine rings is 1. The van der Waals surface area contributed by atoms with Crippen LogP contribution >= 0.6 is 22.9 Å². The Morgan fingerprint density at radius 1 is 0.828 bits per heavy atom. The minimum atomic E-state index is -4.68. The molecule has 5 heterocycles. The van der Waals surface area contributed by atoms with Crippen molar-refractivity contribution in [2.24, 2.45) is 0 Å². The molecule has 1 fully saturated rings. The van der Waals surface area contributed by atoms with E-state index >= 15 is 0 Å². The number of hydrogen-bond acceptors (Lipinski definition) is 9. The van der Waals surface area contributed by atoms with E-state index in [2.05, 4.69) is 47.4 Å². The number of piperidine rings is 1. The van der Waals surface area contributed by atoms with Gasteiger partial charge < -0.3 is 25.0 Å². The Balaban J connectivity index is 0.000000192. The lowest BCUT2D eigenvalue weighted by Gasteiger charge is -2.34. The van der Waals surface area contributed by atoms with Gasteiger partial charge in [0.15, 0.2) is 0 Å². The number of thiophene rings is 1. The molecule has 0 radical (unpaired) electrons. The first kappa shape index (κ1) is 43.9. The van der Waals surface area contributed by atoms with Crippen molar-refractivity contribution < 1.29 is 31.8 Å². The van der Waals surface area contributed by atoms with E-state index in [0.29, 0.717) is 47.4 Å². The summed E-state index contributed by atoms with van der Waals surface area (Å²) in [6.07, 6.45) is 1.02. The number of rotatable bonds is 12. The van der Waals surface area contributed by atoms with Crippen LogP contribution < -0.4 is 25.0 Å². The molecular formula is C48H42ClF4N7O3S. The normalized spacial score (nSPS) is 13.1. The van der Waals surface area contributed by atoms with Crippen molar-refractivity contribution in [2.75, 3.05) is 23.3 Å².